The number of esters is 1. The molecule has 1 saturated carbocycles. The zero-order chi connectivity index (χ0) is 16.2. The summed E-state index contributed by atoms with van der Waals surface area (Å²) < 4.78 is 12.5. The van der Waals surface area contributed by atoms with Gasteiger partial charge < -0.3 is 14.6 Å². The second-order valence-corrected chi connectivity index (χ2v) is 6.43. The number of carbonyl (C=O) groups excluding carboxylic acids is 1. The van der Waals surface area contributed by atoms with Crippen LogP contribution in [0.25, 0.3) is 0 Å². The van der Waals surface area contributed by atoms with E-state index in [9.17, 15) is 9.90 Å². The van der Waals surface area contributed by atoms with Crippen molar-refractivity contribution < 1.29 is 19.4 Å². The van der Waals surface area contributed by atoms with Crippen LogP contribution in [0.5, 0.6) is 0 Å². The molecule has 6 heteroatoms. The maximum Gasteiger partial charge on any atom is 0.358 e. The number of carbonyl (C=O) groups is 1. The van der Waals surface area contributed by atoms with Crippen molar-refractivity contribution in [1.82, 2.24) is 9.78 Å². The Labute approximate surface area is 136 Å². The topological polar surface area (TPSA) is 73.6 Å². The molecule has 1 N–H and O–H groups in total. The smallest absolute Gasteiger partial charge is 0.358 e. The molecule has 2 atom stereocenters. The second-order valence-electron chi connectivity index (χ2n) is 6.43. The molecular formula is C17H26N2O4. The van der Waals surface area contributed by atoms with Crippen molar-refractivity contribution in [2.75, 3.05) is 19.8 Å². The lowest BCUT2D eigenvalue weighted by Crippen LogP contribution is -2.31. The third-order valence-electron chi connectivity index (χ3n) is 4.90. The molecular weight excluding hydrogens is 296 g/mol. The fourth-order valence-electron chi connectivity index (χ4n) is 3.65. The number of nitrogens with zero attached hydrogens (tertiary/aromatic N) is 2. The Kier molecular flexibility index (Phi) is 5.33. The lowest BCUT2D eigenvalue weighted by molar-refractivity contribution is 0.0502. The van der Waals surface area contributed by atoms with E-state index in [1.807, 2.05) is 10.7 Å². The maximum atomic E-state index is 12.1. The first-order chi connectivity index (χ1) is 11.2. The number of aliphatic hydroxyl groups excluding tert-OH is 1. The molecule has 128 valence electrons. The summed E-state index contributed by atoms with van der Waals surface area (Å²) in [6.07, 6.45) is 5.30. The highest BCUT2D eigenvalue weighted by Crippen LogP contribution is 2.34. The quantitative estimate of drug-likeness (QED) is 0.862. The van der Waals surface area contributed by atoms with Crippen molar-refractivity contribution in [1.29, 1.82) is 0 Å². The second kappa shape index (κ2) is 7.45. The van der Waals surface area contributed by atoms with Crippen LogP contribution in [0.15, 0.2) is 6.07 Å². The zero-order valence-corrected chi connectivity index (χ0v) is 13.7. The minimum atomic E-state index is -0.391. The van der Waals surface area contributed by atoms with Crippen LogP contribution < -0.4 is 0 Å². The van der Waals surface area contributed by atoms with Crippen molar-refractivity contribution in [2.45, 2.75) is 63.5 Å². The maximum absolute atomic E-state index is 12.1. The lowest BCUT2D eigenvalue weighted by atomic mass is 9.91. The third kappa shape index (κ3) is 3.58. The van der Waals surface area contributed by atoms with E-state index in [4.69, 9.17) is 9.47 Å². The molecule has 0 radical (unpaired) electrons. The Bertz CT molecular complexity index is 537. The molecule has 0 aromatic carbocycles. The number of rotatable bonds is 4. The predicted octanol–water partition coefficient (Wildman–Crippen LogP) is 2.43. The van der Waals surface area contributed by atoms with Crippen LogP contribution in [-0.2, 0) is 9.47 Å². The Morgan fingerprint density at radius 1 is 1.35 bits per heavy atom. The van der Waals surface area contributed by atoms with Gasteiger partial charge in [0.15, 0.2) is 5.69 Å². The number of aliphatic hydroxyl groups is 1. The highest BCUT2D eigenvalue weighted by molar-refractivity contribution is 5.87. The summed E-state index contributed by atoms with van der Waals surface area (Å²) in [5, 5.41) is 14.9. The third-order valence-corrected chi connectivity index (χ3v) is 4.90. The van der Waals surface area contributed by atoms with Crippen molar-refractivity contribution in [3.05, 3.63) is 17.5 Å². The standard InChI is InChI=1S/C17H26N2O4/c1-2-23-17(21)13-11-15(12-7-9-22-10-8-12)19(18-13)14-5-3-4-6-16(14)20/h11-12,14,16,20H,2-10H2,1H3/t14-,16-/m1/s1. The molecule has 2 fully saturated rings. The molecule has 3 rings (SSSR count). The van der Waals surface area contributed by atoms with Gasteiger partial charge in [-0.15, -0.1) is 0 Å². The first-order valence-electron chi connectivity index (χ1n) is 8.73. The molecule has 2 aliphatic rings. The Morgan fingerprint density at radius 3 is 2.78 bits per heavy atom. The van der Waals surface area contributed by atoms with E-state index in [0.717, 1.165) is 57.4 Å². The highest BCUT2D eigenvalue weighted by Gasteiger charge is 2.31. The van der Waals surface area contributed by atoms with Gasteiger partial charge in [-0.05, 0) is 38.7 Å². The van der Waals surface area contributed by atoms with Crippen LogP contribution in [0.3, 0.4) is 0 Å². The molecule has 23 heavy (non-hydrogen) atoms. The molecule has 1 aliphatic heterocycles. The monoisotopic (exact) mass is 322 g/mol. The highest BCUT2D eigenvalue weighted by atomic mass is 16.5. The average molecular weight is 322 g/mol. The van der Waals surface area contributed by atoms with E-state index < -0.39 is 6.10 Å². The lowest BCUT2D eigenvalue weighted by Gasteiger charge is -2.31. The van der Waals surface area contributed by atoms with E-state index in [1.165, 1.54) is 0 Å². The van der Waals surface area contributed by atoms with E-state index in [0.29, 0.717) is 18.2 Å². The Morgan fingerprint density at radius 2 is 2.09 bits per heavy atom. The van der Waals surface area contributed by atoms with Gasteiger partial charge >= 0.3 is 5.97 Å². The van der Waals surface area contributed by atoms with Crippen LogP contribution >= 0.6 is 0 Å². The van der Waals surface area contributed by atoms with Crippen LogP contribution in [0.2, 0.25) is 0 Å². The number of hydrogen-bond acceptors (Lipinski definition) is 5. The van der Waals surface area contributed by atoms with Gasteiger partial charge in [-0.3, -0.25) is 4.68 Å². The number of hydrogen-bond donors (Lipinski definition) is 1. The van der Waals surface area contributed by atoms with Gasteiger partial charge in [0.25, 0.3) is 0 Å². The van der Waals surface area contributed by atoms with Crippen molar-refractivity contribution >= 4 is 5.97 Å². The molecule has 0 unspecified atom stereocenters. The first kappa shape index (κ1) is 16.5. The molecule has 1 aromatic heterocycles. The number of aromatic nitrogens is 2. The summed E-state index contributed by atoms with van der Waals surface area (Å²) in [4.78, 5) is 12.1. The van der Waals surface area contributed by atoms with Gasteiger partial charge in [0.1, 0.15) is 0 Å². The first-order valence-corrected chi connectivity index (χ1v) is 8.73. The van der Waals surface area contributed by atoms with Crippen LogP contribution in [0, 0.1) is 0 Å². The zero-order valence-electron chi connectivity index (χ0n) is 13.7. The fraction of sp³-hybridized carbons (Fsp3) is 0.765. The minimum absolute atomic E-state index is 0.0372. The Hall–Kier alpha value is -1.40. The van der Waals surface area contributed by atoms with Gasteiger partial charge in [0.05, 0.1) is 18.8 Å². The Balaban J connectivity index is 1.92. The molecule has 0 spiro atoms. The summed E-state index contributed by atoms with van der Waals surface area (Å²) in [6, 6.07) is 1.82. The summed E-state index contributed by atoms with van der Waals surface area (Å²) in [7, 11) is 0. The molecule has 0 amide bonds. The molecule has 2 heterocycles. The summed E-state index contributed by atoms with van der Waals surface area (Å²) in [5.41, 5.74) is 1.40. The minimum Gasteiger partial charge on any atom is -0.461 e. The van der Waals surface area contributed by atoms with Gasteiger partial charge in [0.2, 0.25) is 0 Å². The van der Waals surface area contributed by atoms with Crippen molar-refractivity contribution in [2.24, 2.45) is 0 Å². The molecule has 1 aromatic rings. The van der Waals surface area contributed by atoms with Crippen LogP contribution in [0.1, 0.15) is 73.6 Å². The summed E-state index contributed by atoms with van der Waals surface area (Å²) in [6.45, 7) is 3.60. The summed E-state index contributed by atoms with van der Waals surface area (Å²) >= 11 is 0. The van der Waals surface area contributed by atoms with E-state index in [2.05, 4.69) is 5.10 Å². The molecule has 0 bridgehead atoms. The van der Waals surface area contributed by atoms with Gasteiger partial charge in [0, 0.05) is 24.8 Å². The van der Waals surface area contributed by atoms with E-state index in [1.54, 1.807) is 6.92 Å². The van der Waals surface area contributed by atoms with E-state index >= 15 is 0 Å². The van der Waals surface area contributed by atoms with Crippen LogP contribution in [-0.4, -0.2) is 46.8 Å². The average Bonchev–Trinajstić information content (AvgIpc) is 3.01. The van der Waals surface area contributed by atoms with Crippen molar-refractivity contribution in [3.8, 4) is 0 Å². The van der Waals surface area contributed by atoms with Crippen LogP contribution in [0.4, 0.5) is 0 Å². The van der Waals surface area contributed by atoms with E-state index in [-0.39, 0.29) is 12.0 Å². The fourth-order valence-corrected chi connectivity index (χ4v) is 3.65. The molecule has 1 aliphatic carbocycles. The SMILES string of the molecule is CCOC(=O)c1cc(C2CCOCC2)n([C@@H]2CCCC[C@H]2O)n1. The number of ether oxygens (including phenoxy) is 2. The largest absolute Gasteiger partial charge is 0.461 e. The molecule has 6 nitrogen and oxygen atoms in total. The van der Waals surface area contributed by atoms with Gasteiger partial charge in [-0.1, -0.05) is 12.8 Å². The van der Waals surface area contributed by atoms with Crippen molar-refractivity contribution in [3.63, 3.8) is 0 Å². The van der Waals surface area contributed by atoms with Gasteiger partial charge in [-0.2, -0.15) is 5.10 Å². The molecule has 1 saturated heterocycles. The normalized spacial score (nSPS) is 26.2. The van der Waals surface area contributed by atoms with Gasteiger partial charge in [-0.25, -0.2) is 4.79 Å². The summed E-state index contributed by atoms with van der Waals surface area (Å²) in [5.74, 6) is -0.0570. The predicted molar refractivity (Wildman–Crippen MR) is 84.5 cm³/mol.